The van der Waals surface area contributed by atoms with Crippen molar-refractivity contribution >= 4 is 5.97 Å². The Labute approximate surface area is 160 Å². The maximum absolute atomic E-state index is 11.3. The van der Waals surface area contributed by atoms with Gasteiger partial charge in [-0.15, -0.1) is 0 Å². The Balaban J connectivity index is 1.98. The molecular weight excluding hydrogens is 342 g/mol. The molecule has 2 aromatic rings. The molecule has 0 amide bonds. The lowest BCUT2D eigenvalue weighted by molar-refractivity contribution is -0.143. The number of rotatable bonds is 6. The zero-order valence-electron chi connectivity index (χ0n) is 16.1. The first-order chi connectivity index (χ1) is 13.0. The third-order valence-electron chi connectivity index (χ3n) is 5.37. The van der Waals surface area contributed by atoms with E-state index in [2.05, 4.69) is 36.1 Å². The smallest absolute Gasteiger partial charge is 0.306 e. The van der Waals surface area contributed by atoms with Crippen molar-refractivity contribution in [3.63, 3.8) is 0 Å². The van der Waals surface area contributed by atoms with Crippen LogP contribution in [-0.4, -0.2) is 43.3 Å². The molecule has 0 aromatic heterocycles. The highest BCUT2D eigenvalue weighted by atomic mass is 16.5. The Morgan fingerprint density at radius 1 is 1.07 bits per heavy atom. The zero-order chi connectivity index (χ0) is 19.4. The topological polar surface area (TPSA) is 59.0 Å². The van der Waals surface area contributed by atoms with Gasteiger partial charge < -0.3 is 14.6 Å². The molecule has 0 radical (unpaired) electrons. The number of carboxylic acids is 1. The minimum atomic E-state index is -0.691. The summed E-state index contributed by atoms with van der Waals surface area (Å²) in [6, 6.07) is 14.4. The third kappa shape index (κ3) is 4.25. The van der Waals surface area contributed by atoms with E-state index >= 15 is 0 Å². The first kappa shape index (κ1) is 19.2. The van der Waals surface area contributed by atoms with Crippen molar-refractivity contribution in [1.29, 1.82) is 0 Å². The largest absolute Gasteiger partial charge is 0.497 e. The molecule has 0 saturated carbocycles. The second-order valence-corrected chi connectivity index (χ2v) is 7.07. The molecule has 144 valence electrons. The van der Waals surface area contributed by atoms with Crippen molar-refractivity contribution < 1.29 is 19.4 Å². The summed E-state index contributed by atoms with van der Waals surface area (Å²) in [5.74, 6) is 0.587. The normalized spacial score (nSPS) is 16.7. The predicted octanol–water partition coefficient (Wildman–Crippen LogP) is 3.90. The Morgan fingerprint density at radius 2 is 1.74 bits per heavy atom. The van der Waals surface area contributed by atoms with Gasteiger partial charge in [0, 0.05) is 11.6 Å². The first-order valence-corrected chi connectivity index (χ1v) is 9.29. The van der Waals surface area contributed by atoms with E-state index in [4.69, 9.17) is 9.47 Å². The van der Waals surface area contributed by atoms with Crippen molar-refractivity contribution in [3.8, 4) is 11.5 Å². The van der Waals surface area contributed by atoms with Gasteiger partial charge in [-0.05, 0) is 50.6 Å². The summed E-state index contributed by atoms with van der Waals surface area (Å²) >= 11 is 0. The molecule has 5 heteroatoms. The third-order valence-corrected chi connectivity index (χ3v) is 5.37. The zero-order valence-corrected chi connectivity index (χ0v) is 16.1. The summed E-state index contributed by atoms with van der Waals surface area (Å²) in [7, 11) is 3.31. The number of hydrogen-bond donors (Lipinski definition) is 1. The molecule has 0 aliphatic carbocycles. The van der Waals surface area contributed by atoms with E-state index in [1.54, 1.807) is 14.2 Å². The molecule has 3 rings (SSSR count). The molecular formula is C22H27NO4. The molecule has 1 unspecified atom stereocenters. The van der Waals surface area contributed by atoms with Crippen LogP contribution in [0.25, 0.3) is 0 Å². The average Bonchev–Trinajstić information content (AvgIpc) is 2.70. The number of hydrogen-bond acceptors (Lipinski definition) is 4. The minimum absolute atomic E-state index is 0.0150. The van der Waals surface area contributed by atoms with Gasteiger partial charge in [0.1, 0.15) is 11.5 Å². The lowest BCUT2D eigenvalue weighted by Gasteiger charge is -2.37. The molecule has 1 saturated heterocycles. The molecule has 27 heavy (non-hydrogen) atoms. The van der Waals surface area contributed by atoms with E-state index in [0.717, 1.165) is 30.2 Å². The Hall–Kier alpha value is -2.53. The molecule has 0 bridgehead atoms. The number of methoxy groups -OCH3 is 2. The van der Waals surface area contributed by atoms with Crippen LogP contribution in [0.5, 0.6) is 11.5 Å². The highest BCUT2D eigenvalue weighted by Crippen LogP contribution is 2.38. The van der Waals surface area contributed by atoms with Gasteiger partial charge in [-0.25, -0.2) is 0 Å². The number of nitrogens with zero attached hydrogens (tertiary/aromatic N) is 1. The number of benzene rings is 2. The van der Waals surface area contributed by atoms with Crippen LogP contribution in [0.3, 0.4) is 0 Å². The van der Waals surface area contributed by atoms with E-state index in [1.165, 1.54) is 11.1 Å². The van der Waals surface area contributed by atoms with Crippen LogP contribution in [0.4, 0.5) is 0 Å². The van der Waals surface area contributed by atoms with E-state index in [-0.39, 0.29) is 12.0 Å². The lowest BCUT2D eigenvalue weighted by atomic mass is 9.90. The number of aryl methyl sites for hydroxylation is 1. The first-order valence-electron chi connectivity index (χ1n) is 9.29. The molecule has 1 fully saturated rings. The second kappa shape index (κ2) is 8.44. The lowest BCUT2D eigenvalue weighted by Crippen LogP contribution is -2.39. The summed E-state index contributed by atoms with van der Waals surface area (Å²) in [5.41, 5.74) is 3.46. The quantitative estimate of drug-likeness (QED) is 0.837. The van der Waals surface area contributed by atoms with Crippen LogP contribution in [0.1, 0.15) is 35.6 Å². The summed E-state index contributed by atoms with van der Waals surface area (Å²) in [4.78, 5) is 13.7. The molecule has 1 heterocycles. The van der Waals surface area contributed by atoms with Crippen molar-refractivity contribution in [1.82, 2.24) is 4.90 Å². The summed E-state index contributed by atoms with van der Waals surface area (Å²) in [6.07, 6.45) is 1.33. The number of carboxylic acid groups (broad SMARTS) is 1. The van der Waals surface area contributed by atoms with E-state index in [9.17, 15) is 9.90 Å². The molecule has 1 aliphatic rings. The van der Waals surface area contributed by atoms with Gasteiger partial charge in [-0.3, -0.25) is 9.69 Å². The fourth-order valence-electron chi connectivity index (χ4n) is 3.78. The van der Waals surface area contributed by atoms with Crippen molar-refractivity contribution in [2.75, 3.05) is 27.3 Å². The maximum Gasteiger partial charge on any atom is 0.306 e. The predicted molar refractivity (Wildman–Crippen MR) is 105 cm³/mol. The molecule has 1 aliphatic heterocycles. The van der Waals surface area contributed by atoms with Crippen LogP contribution in [-0.2, 0) is 4.79 Å². The van der Waals surface area contributed by atoms with Gasteiger partial charge >= 0.3 is 5.97 Å². The number of carbonyl (C=O) groups is 1. The van der Waals surface area contributed by atoms with Gasteiger partial charge in [0.15, 0.2) is 0 Å². The SMILES string of the molecule is COc1ccc(C(c2ccc(C)cc2)N2CCC(C(=O)O)CC2)c(OC)c1. The Bertz CT molecular complexity index is 779. The van der Waals surface area contributed by atoms with Gasteiger partial charge in [0.2, 0.25) is 0 Å². The second-order valence-electron chi connectivity index (χ2n) is 7.07. The molecule has 5 nitrogen and oxygen atoms in total. The van der Waals surface area contributed by atoms with Gasteiger partial charge in [-0.2, -0.15) is 0 Å². The van der Waals surface area contributed by atoms with Crippen LogP contribution in [0.15, 0.2) is 42.5 Å². The van der Waals surface area contributed by atoms with Crippen molar-refractivity contribution in [2.45, 2.75) is 25.8 Å². The van der Waals surface area contributed by atoms with Crippen LogP contribution in [0, 0.1) is 12.8 Å². The highest BCUT2D eigenvalue weighted by molar-refractivity contribution is 5.70. The van der Waals surface area contributed by atoms with Crippen LogP contribution < -0.4 is 9.47 Å². The standard InChI is InChI=1S/C22H27NO4/c1-15-4-6-16(7-5-15)21(23-12-10-17(11-13-23)22(24)25)19-9-8-18(26-2)14-20(19)27-3/h4-9,14,17,21H,10-13H2,1-3H3,(H,24,25). The number of likely N-dealkylation sites (tertiary alicyclic amines) is 1. The number of ether oxygens (including phenoxy) is 2. The average molecular weight is 369 g/mol. The summed E-state index contributed by atoms with van der Waals surface area (Å²) in [5, 5.41) is 9.32. The number of aliphatic carboxylic acids is 1. The van der Waals surface area contributed by atoms with Gasteiger partial charge in [0.25, 0.3) is 0 Å². The van der Waals surface area contributed by atoms with Crippen molar-refractivity contribution in [2.24, 2.45) is 5.92 Å². The fraction of sp³-hybridized carbons (Fsp3) is 0.409. The Kier molecular flexibility index (Phi) is 6.01. The van der Waals surface area contributed by atoms with Gasteiger partial charge in [0.05, 0.1) is 26.2 Å². The van der Waals surface area contributed by atoms with E-state index < -0.39 is 5.97 Å². The number of piperidine rings is 1. The highest BCUT2D eigenvalue weighted by Gasteiger charge is 2.31. The minimum Gasteiger partial charge on any atom is -0.497 e. The van der Waals surface area contributed by atoms with Crippen LogP contribution in [0.2, 0.25) is 0 Å². The van der Waals surface area contributed by atoms with Crippen molar-refractivity contribution in [3.05, 3.63) is 59.2 Å². The summed E-state index contributed by atoms with van der Waals surface area (Å²) < 4.78 is 11.0. The van der Waals surface area contributed by atoms with Gasteiger partial charge in [-0.1, -0.05) is 29.8 Å². The monoisotopic (exact) mass is 369 g/mol. The molecule has 1 N–H and O–H groups in total. The van der Waals surface area contributed by atoms with Crippen LogP contribution >= 0.6 is 0 Å². The van der Waals surface area contributed by atoms with E-state index in [1.807, 2.05) is 18.2 Å². The summed E-state index contributed by atoms with van der Waals surface area (Å²) in [6.45, 7) is 3.56. The fourth-order valence-corrected chi connectivity index (χ4v) is 3.78. The maximum atomic E-state index is 11.3. The molecule has 2 aromatic carbocycles. The van der Waals surface area contributed by atoms with E-state index in [0.29, 0.717) is 12.8 Å². The Morgan fingerprint density at radius 3 is 2.30 bits per heavy atom. The molecule has 0 spiro atoms. The molecule has 1 atom stereocenters.